The second-order valence-corrected chi connectivity index (χ2v) is 11.2. The molecule has 3 rings (SSSR count). The van der Waals surface area contributed by atoms with Crippen molar-refractivity contribution in [2.24, 2.45) is 0 Å². The van der Waals surface area contributed by atoms with Gasteiger partial charge in [0.05, 0.1) is 0 Å². The second-order valence-electron chi connectivity index (χ2n) is 11.2. The van der Waals surface area contributed by atoms with Crippen molar-refractivity contribution in [2.45, 2.75) is 65.6 Å². The first kappa shape index (κ1) is 31.1. The lowest BCUT2D eigenvalue weighted by Crippen LogP contribution is -2.53. The molecule has 0 bridgehead atoms. The van der Waals surface area contributed by atoms with Crippen molar-refractivity contribution in [1.29, 1.82) is 0 Å². The zero-order chi connectivity index (χ0) is 30.2. The van der Waals surface area contributed by atoms with Gasteiger partial charge in [-0.1, -0.05) is 84.4 Å². The van der Waals surface area contributed by atoms with Gasteiger partial charge in [-0.2, -0.15) is 0 Å². The molecule has 0 aromatic heterocycles. The van der Waals surface area contributed by atoms with E-state index in [1.165, 1.54) is 4.90 Å². The smallest absolute Gasteiger partial charge is 0.408 e. The Hall–Kier alpha value is -4.39. The molecule has 2 atom stereocenters. The summed E-state index contributed by atoms with van der Waals surface area (Å²) in [4.78, 5) is 42.7. The molecular weight excluding hydrogens is 514 g/mol. The number of nitrogens with zero attached hydrogens (tertiary/aromatic N) is 1. The minimum atomic E-state index is -0.992. The van der Waals surface area contributed by atoms with Crippen LogP contribution in [0.4, 0.5) is 10.5 Å². The number of anilines is 1. The molecule has 7 nitrogen and oxygen atoms in total. The van der Waals surface area contributed by atoms with Gasteiger partial charge >= 0.3 is 6.09 Å². The van der Waals surface area contributed by atoms with Gasteiger partial charge in [0, 0.05) is 18.7 Å². The van der Waals surface area contributed by atoms with Crippen LogP contribution in [0.2, 0.25) is 0 Å². The van der Waals surface area contributed by atoms with E-state index in [2.05, 4.69) is 17.2 Å². The number of hydrogen-bond acceptors (Lipinski definition) is 4. The molecule has 41 heavy (non-hydrogen) atoms. The summed E-state index contributed by atoms with van der Waals surface area (Å²) < 4.78 is 5.49. The van der Waals surface area contributed by atoms with Crippen LogP contribution in [0, 0.1) is 20.8 Å². The van der Waals surface area contributed by atoms with Crippen LogP contribution in [-0.4, -0.2) is 41.0 Å². The van der Waals surface area contributed by atoms with Crippen LogP contribution in [0.25, 0.3) is 0 Å². The number of carbonyl (C=O) groups excluding carboxylic acids is 3. The third-order valence-corrected chi connectivity index (χ3v) is 6.56. The molecule has 0 aliphatic rings. The van der Waals surface area contributed by atoms with E-state index in [1.807, 2.05) is 93.6 Å². The number of ether oxygens (including phenoxy) is 1. The fourth-order valence-corrected chi connectivity index (χ4v) is 4.59. The van der Waals surface area contributed by atoms with E-state index >= 15 is 0 Å². The van der Waals surface area contributed by atoms with Crippen LogP contribution in [-0.2, 0) is 20.7 Å². The summed E-state index contributed by atoms with van der Waals surface area (Å²) in [5, 5.41) is 5.83. The van der Waals surface area contributed by atoms with Crippen LogP contribution in [0.3, 0.4) is 0 Å². The maximum Gasteiger partial charge on any atom is 0.408 e. The van der Waals surface area contributed by atoms with Gasteiger partial charge in [0.15, 0.2) is 0 Å². The molecule has 0 aliphatic heterocycles. The molecule has 0 radical (unpaired) electrons. The Bertz CT molecular complexity index is 1340. The maximum absolute atomic E-state index is 14.3. The maximum atomic E-state index is 14.3. The van der Waals surface area contributed by atoms with E-state index in [0.29, 0.717) is 11.3 Å². The lowest BCUT2D eigenvalue weighted by molar-refractivity contribution is -0.140. The Labute approximate surface area is 243 Å². The van der Waals surface area contributed by atoms with Crippen molar-refractivity contribution in [3.63, 3.8) is 0 Å². The van der Waals surface area contributed by atoms with Crippen LogP contribution in [0.15, 0.2) is 85.5 Å². The van der Waals surface area contributed by atoms with Crippen molar-refractivity contribution in [3.05, 3.63) is 113 Å². The SMILES string of the molecule is C=CCN(C(=O)C(Cc1ccccc1)NC(=O)OC(C)(C)C)C(C(=O)Nc1c(C)cccc1C)c1ccc(C)cc1. The predicted octanol–water partition coefficient (Wildman–Crippen LogP) is 6.44. The van der Waals surface area contributed by atoms with Gasteiger partial charge in [-0.25, -0.2) is 4.79 Å². The molecular formula is C34H41N3O4. The predicted molar refractivity (Wildman–Crippen MR) is 164 cm³/mol. The largest absolute Gasteiger partial charge is 0.444 e. The van der Waals surface area contributed by atoms with Gasteiger partial charge < -0.3 is 20.3 Å². The van der Waals surface area contributed by atoms with Crippen molar-refractivity contribution < 1.29 is 19.1 Å². The number of amides is 3. The highest BCUT2D eigenvalue weighted by atomic mass is 16.6. The Kier molecular flexibility index (Phi) is 10.5. The van der Waals surface area contributed by atoms with E-state index in [4.69, 9.17) is 4.74 Å². The Balaban J connectivity index is 2.06. The second kappa shape index (κ2) is 13.8. The fraction of sp³-hybridized carbons (Fsp3) is 0.324. The lowest BCUT2D eigenvalue weighted by atomic mass is 9.99. The first-order valence-electron chi connectivity index (χ1n) is 13.8. The summed E-state index contributed by atoms with van der Waals surface area (Å²) >= 11 is 0. The molecule has 7 heteroatoms. The zero-order valence-corrected chi connectivity index (χ0v) is 24.9. The number of nitrogens with one attached hydrogen (secondary N) is 2. The van der Waals surface area contributed by atoms with Gasteiger partial charge in [-0.3, -0.25) is 9.59 Å². The van der Waals surface area contributed by atoms with Gasteiger partial charge in [-0.15, -0.1) is 6.58 Å². The topological polar surface area (TPSA) is 87.7 Å². The molecule has 0 aliphatic carbocycles. The highest BCUT2D eigenvalue weighted by Gasteiger charge is 2.36. The van der Waals surface area contributed by atoms with E-state index in [1.54, 1.807) is 26.8 Å². The summed E-state index contributed by atoms with van der Waals surface area (Å²) in [6.45, 7) is 15.0. The van der Waals surface area contributed by atoms with E-state index in [-0.39, 0.29) is 18.9 Å². The Morgan fingerprint density at radius 1 is 0.902 bits per heavy atom. The van der Waals surface area contributed by atoms with Crippen molar-refractivity contribution >= 4 is 23.6 Å². The number of para-hydroxylation sites is 1. The van der Waals surface area contributed by atoms with Crippen molar-refractivity contribution in [2.75, 3.05) is 11.9 Å². The zero-order valence-electron chi connectivity index (χ0n) is 24.9. The monoisotopic (exact) mass is 555 g/mol. The van der Waals surface area contributed by atoms with Crippen LogP contribution < -0.4 is 10.6 Å². The summed E-state index contributed by atoms with van der Waals surface area (Å²) in [7, 11) is 0. The number of rotatable bonds is 10. The van der Waals surface area contributed by atoms with Crippen LogP contribution >= 0.6 is 0 Å². The van der Waals surface area contributed by atoms with Gasteiger partial charge in [0.1, 0.15) is 17.7 Å². The summed E-state index contributed by atoms with van der Waals surface area (Å²) in [6.07, 6.45) is 1.08. The third-order valence-electron chi connectivity index (χ3n) is 6.56. The van der Waals surface area contributed by atoms with Gasteiger partial charge in [0.25, 0.3) is 5.91 Å². The Morgan fingerprint density at radius 3 is 2.07 bits per heavy atom. The molecule has 0 saturated heterocycles. The minimum absolute atomic E-state index is 0.0822. The van der Waals surface area contributed by atoms with Crippen molar-refractivity contribution in [3.8, 4) is 0 Å². The number of aryl methyl sites for hydroxylation is 3. The van der Waals surface area contributed by atoms with Crippen LogP contribution in [0.5, 0.6) is 0 Å². The number of alkyl carbamates (subject to hydrolysis) is 1. The minimum Gasteiger partial charge on any atom is -0.444 e. The van der Waals surface area contributed by atoms with E-state index < -0.39 is 29.7 Å². The van der Waals surface area contributed by atoms with Crippen molar-refractivity contribution in [1.82, 2.24) is 10.2 Å². The highest BCUT2D eigenvalue weighted by molar-refractivity contribution is 6.00. The molecule has 0 saturated carbocycles. The quantitative estimate of drug-likeness (QED) is 0.282. The molecule has 2 unspecified atom stereocenters. The summed E-state index contributed by atoms with van der Waals surface area (Å²) in [5.41, 5.74) is 4.30. The number of benzene rings is 3. The summed E-state index contributed by atoms with van der Waals surface area (Å²) in [6, 6.07) is 20.7. The summed E-state index contributed by atoms with van der Waals surface area (Å²) in [5.74, 6) is -0.793. The first-order chi connectivity index (χ1) is 19.4. The Morgan fingerprint density at radius 2 is 1.51 bits per heavy atom. The molecule has 3 aromatic carbocycles. The van der Waals surface area contributed by atoms with Crippen LogP contribution in [0.1, 0.15) is 54.6 Å². The number of hydrogen-bond donors (Lipinski definition) is 2. The normalized spacial score (nSPS) is 12.5. The van der Waals surface area contributed by atoms with Gasteiger partial charge in [0.2, 0.25) is 5.91 Å². The molecule has 0 heterocycles. The molecule has 0 spiro atoms. The molecule has 0 fully saturated rings. The van der Waals surface area contributed by atoms with E-state index in [9.17, 15) is 14.4 Å². The average molecular weight is 556 g/mol. The van der Waals surface area contributed by atoms with E-state index in [0.717, 1.165) is 22.3 Å². The lowest BCUT2D eigenvalue weighted by Gasteiger charge is -2.34. The standard InChI is InChI=1S/C34H41N3O4/c1-8-21-37(32(39)28(22-26-15-10-9-11-16-26)35-33(40)41-34(5,6)7)30(27-19-17-23(2)18-20-27)31(38)36-29-24(3)13-12-14-25(29)4/h8-20,28,30H,1,21-22H2,2-7H3,(H,35,40)(H,36,38). The third kappa shape index (κ3) is 8.80. The molecule has 3 aromatic rings. The number of carbonyl (C=O) groups is 3. The fourth-order valence-electron chi connectivity index (χ4n) is 4.59. The van der Waals surface area contributed by atoms with Gasteiger partial charge in [-0.05, 0) is 63.8 Å². The highest BCUT2D eigenvalue weighted by Crippen LogP contribution is 2.27. The molecule has 216 valence electrons. The first-order valence-corrected chi connectivity index (χ1v) is 13.8. The molecule has 3 amide bonds. The average Bonchev–Trinajstić information content (AvgIpc) is 2.90. The molecule has 2 N–H and O–H groups in total.